The Morgan fingerprint density at radius 2 is 1.84 bits per heavy atom. The molecule has 0 aliphatic rings. The standard InChI is InChI=1S/C14H17Br2N3/c1-9(2)19-4-3-13(18-19)8-14(17)10-5-11(15)7-12(16)6-10/h3-7,9,14H,8,17H2,1-2H3. The van der Waals surface area contributed by atoms with Crippen LogP contribution in [0.4, 0.5) is 0 Å². The van der Waals surface area contributed by atoms with Crippen LogP contribution in [0.1, 0.15) is 37.2 Å². The van der Waals surface area contributed by atoms with Gasteiger partial charge in [0.05, 0.1) is 5.69 Å². The van der Waals surface area contributed by atoms with E-state index in [0.29, 0.717) is 6.04 Å². The largest absolute Gasteiger partial charge is 0.324 e. The molecule has 2 rings (SSSR count). The van der Waals surface area contributed by atoms with Crippen molar-refractivity contribution in [3.05, 3.63) is 50.7 Å². The van der Waals surface area contributed by atoms with Gasteiger partial charge in [0.2, 0.25) is 0 Å². The molecule has 2 N–H and O–H groups in total. The third-order valence-corrected chi connectivity index (χ3v) is 3.85. The van der Waals surface area contributed by atoms with Gasteiger partial charge in [-0.3, -0.25) is 4.68 Å². The number of hydrogen-bond acceptors (Lipinski definition) is 2. The first-order valence-corrected chi connectivity index (χ1v) is 7.80. The lowest BCUT2D eigenvalue weighted by Gasteiger charge is -2.12. The maximum Gasteiger partial charge on any atom is 0.0643 e. The van der Waals surface area contributed by atoms with Gasteiger partial charge in [-0.25, -0.2) is 0 Å². The first-order valence-electron chi connectivity index (χ1n) is 6.21. The van der Waals surface area contributed by atoms with Crippen LogP contribution in [0, 0.1) is 0 Å². The third-order valence-electron chi connectivity index (χ3n) is 2.93. The minimum Gasteiger partial charge on any atom is -0.324 e. The molecule has 0 aliphatic heterocycles. The van der Waals surface area contributed by atoms with Crippen molar-refractivity contribution in [3.8, 4) is 0 Å². The van der Waals surface area contributed by atoms with Gasteiger partial charge in [-0.1, -0.05) is 31.9 Å². The summed E-state index contributed by atoms with van der Waals surface area (Å²) in [6.45, 7) is 4.23. The number of nitrogens with two attached hydrogens (primary N) is 1. The zero-order chi connectivity index (χ0) is 14.0. The number of hydrogen-bond donors (Lipinski definition) is 1. The van der Waals surface area contributed by atoms with Gasteiger partial charge in [0.1, 0.15) is 0 Å². The summed E-state index contributed by atoms with van der Waals surface area (Å²) < 4.78 is 4.01. The Hall–Kier alpha value is -0.650. The number of nitrogens with zero attached hydrogens (tertiary/aromatic N) is 2. The third kappa shape index (κ3) is 3.91. The van der Waals surface area contributed by atoms with Crippen LogP contribution in [-0.2, 0) is 6.42 Å². The molecular weight excluding hydrogens is 370 g/mol. The molecular formula is C14H17Br2N3. The lowest BCUT2D eigenvalue weighted by molar-refractivity contribution is 0.522. The van der Waals surface area contributed by atoms with Crippen LogP contribution < -0.4 is 5.73 Å². The molecule has 1 aromatic carbocycles. The maximum atomic E-state index is 6.26. The first-order chi connectivity index (χ1) is 8.95. The lowest BCUT2D eigenvalue weighted by Crippen LogP contribution is -2.14. The summed E-state index contributed by atoms with van der Waals surface area (Å²) in [6, 6.07) is 8.47. The molecule has 1 atom stereocenters. The highest BCUT2D eigenvalue weighted by molar-refractivity contribution is 9.11. The van der Waals surface area contributed by atoms with Crippen molar-refractivity contribution in [1.82, 2.24) is 9.78 Å². The van der Waals surface area contributed by atoms with Crippen LogP contribution in [0.5, 0.6) is 0 Å². The highest BCUT2D eigenvalue weighted by atomic mass is 79.9. The molecule has 2 aromatic rings. The van der Waals surface area contributed by atoms with E-state index >= 15 is 0 Å². The minimum absolute atomic E-state index is 0.0516. The molecule has 0 aliphatic carbocycles. The molecule has 0 fully saturated rings. The second kappa shape index (κ2) is 6.20. The molecule has 0 saturated heterocycles. The second-order valence-corrected chi connectivity index (χ2v) is 6.73. The fraction of sp³-hybridized carbons (Fsp3) is 0.357. The summed E-state index contributed by atoms with van der Waals surface area (Å²) in [5, 5.41) is 4.53. The van der Waals surface area contributed by atoms with Gasteiger partial charge in [-0.05, 0) is 43.7 Å². The Morgan fingerprint density at radius 1 is 1.21 bits per heavy atom. The van der Waals surface area contributed by atoms with Crippen molar-refractivity contribution in [2.24, 2.45) is 5.73 Å². The van der Waals surface area contributed by atoms with E-state index in [1.54, 1.807) is 0 Å². The summed E-state index contributed by atoms with van der Waals surface area (Å²) in [4.78, 5) is 0. The Morgan fingerprint density at radius 3 is 2.37 bits per heavy atom. The Labute approximate surface area is 130 Å². The van der Waals surface area contributed by atoms with Crippen molar-refractivity contribution in [2.45, 2.75) is 32.4 Å². The van der Waals surface area contributed by atoms with Gasteiger partial charge in [0, 0.05) is 33.6 Å². The molecule has 19 heavy (non-hydrogen) atoms. The molecule has 1 aromatic heterocycles. The van der Waals surface area contributed by atoms with Gasteiger partial charge >= 0.3 is 0 Å². The van der Waals surface area contributed by atoms with Crippen molar-refractivity contribution in [3.63, 3.8) is 0 Å². The molecule has 0 radical (unpaired) electrons. The predicted molar refractivity (Wildman–Crippen MR) is 85.1 cm³/mol. The molecule has 0 bridgehead atoms. The van der Waals surface area contributed by atoms with Crippen molar-refractivity contribution < 1.29 is 0 Å². The molecule has 0 spiro atoms. The monoisotopic (exact) mass is 385 g/mol. The quantitative estimate of drug-likeness (QED) is 0.854. The van der Waals surface area contributed by atoms with Gasteiger partial charge in [0.25, 0.3) is 0 Å². The normalized spacial score (nSPS) is 12.9. The van der Waals surface area contributed by atoms with E-state index in [-0.39, 0.29) is 6.04 Å². The van der Waals surface area contributed by atoms with E-state index in [2.05, 4.69) is 62.9 Å². The first kappa shape index (κ1) is 14.8. The summed E-state index contributed by atoms with van der Waals surface area (Å²) in [7, 11) is 0. The van der Waals surface area contributed by atoms with E-state index in [0.717, 1.165) is 26.6 Å². The number of benzene rings is 1. The molecule has 0 saturated carbocycles. The Kier molecular flexibility index (Phi) is 4.81. The summed E-state index contributed by atoms with van der Waals surface area (Å²) >= 11 is 6.97. The van der Waals surface area contributed by atoms with E-state index in [1.807, 2.05) is 23.0 Å². The summed E-state index contributed by atoms with van der Waals surface area (Å²) in [6.07, 6.45) is 2.74. The lowest BCUT2D eigenvalue weighted by atomic mass is 10.0. The zero-order valence-corrected chi connectivity index (χ0v) is 14.1. The molecule has 3 nitrogen and oxygen atoms in total. The topological polar surface area (TPSA) is 43.8 Å². The SMILES string of the molecule is CC(C)n1ccc(CC(N)c2cc(Br)cc(Br)c2)n1. The smallest absolute Gasteiger partial charge is 0.0643 e. The number of halogens is 2. The van der Waals surface area contributed by atoms with Gasteiger partial charge in [-0.2, -0.15) is 5.10 Å². The van der Waals surface area contributed by atoms with Crippen molar-refractivity contribution in [1.29, 1.82) is 0 Å². The van der Waals surface area contributed by atoms with E-state index < -0.39 is 0 Å². The zero-order valence-electron chi connectivity index (χ0n) is 11.0. The average molecular weight is 387 g/mol. The number of rotatable bonds is 4. The second-order valence-electron chi connectivity index (χ2n) is 4.89. The predicted octanol–water partition coefficient (Wildman–Crippen LogP) is 4.23. The Bertz CT molecular complexity index is 543. The van der Waals surface area contributed by atoms with Crippen molar-refractivity contribution >= 4 is 31.9 Å². The molecule has 1 heterocycles. The summed E-state index contributed by atoms with van der Waals surface area (Å²) in [5.41, 5.74) is 8.38. The molecule has 1 unspecified atom stereocenters. The summed E-state index contributed by atoms with van der Waals surface area (Å²) in [5.74, 6) is 0. The van der Waals surface area contributed by atoms with Crippen LogP contribution in [0.25, 0.3) is 0 Å². The molecule has 5 heteroatoms. The van der Waals surface area contributed by atoms with Crippen LogP contribution in [0.15, 0.2) is 39.4 Å². The molecule has 0 amide bonds. The average Bonchev–Trinajstić information content (AvgIpc) is 2.76. The van der Waals surface area contributed by atoms with Crippen LogP contribution in [0.3, 0.4) is 0 Å². The highest BCUT2D eigenvalue weighted by Gasteiger charge is 2.11. The van der Waals surface area contributed by atoms with Gasteiger partial charge in [0.15, 0.2) is 0 Å². The van der Waals surface area contributed by atoms with Gasteiger partial charge < -0.3 is 5.73 Å². The van der Waals surface area contributed by atoms with E-state index in [4.69, 9.17) is 5.73 Å². The molecule has 102 valence electrons. The van der Waals surface area contributed by atoms with Crippen LogP contribution in [-0.4, -0.2) is 9.78 Å². The van der Waals surface area contributed by atoms with Gasteiger partial charge in [-0.15, -0.1) is 0 Å². The Balaban J connectivity index is 2.13. The van der Waals surface area contributed by atoms with Crippen LogP contribution >= 0.6 is 31.9 Å². The van der Waals surface area contributed by atoms with E-state index in [9.17, 15) is 0 Å². The fourth-order valence-corrected chi connectivity index (χ4v) is 3.24. The van der Waals surface area contributed by atoms with Crippen molar-refractivity contribution in [2.75, 3.05) is 0 Å². The minimum atomic E-state index is -0.0516. The van der Waals surface area contributed by atoms with Crippen LogP contribution in [0.2, 0.25) is 0 Å². The number of aromatic nitrogens is 2. The van der Waals surface area contributed by atoms with E-state index in [1.165, 1.54) is 0 Å². The highest BCUT2D eigenvalue weighted by Crippen LogP contribution is 2.24. The maximum absolute atomic E-state index is 6.26. The fourth-order valence-electron chi connectivity index (χ4n) is 1.91.